The van der Waals surface area contributed by atoms with Crippen LogP contribution in [0.1, 0.15) is 43.5 Å². The molecule has 50 heavy (non-hydrogen) atoms. The minimum Gasteiger partial charge on any atom is -0.475 e. The third-order valence-corrected chi connectivity index (χ3v) is 9.10. The molecule has 5 atom stereocenters. The van der Waals surface area contributed by atoms with Gasteiger partial charge in [0, 0.05) is 31.6 Å². The van der Waals surface area contributed by atoms with Crippen molar-refractivity contribution in [3.63, 3.8) is 0 Å². The summed E-state index contributed by atoms with van der Waals surface area (Å²) in [6.07, 6.45) is -6.83. The summed E-state index contributed by atoms with van der Waals surface area (Å²) in [6.45, 7) is 8.15. The summed E-state index contributed by atoms with van der Waals surface area (Å²) in [6, 6.07) is 21.2. The zero-order chi connectivity index (χ0) is 36.0. The number of nitrogens with zero attached hydrogens (tertiary/aromatic N) is 6. The first-order valence-corrected chi connectivity index (χ1v) is 16.5. The van der Waals surface area contributed by atoms with Gasteiger partial charge >= 0.3 is 12.1 Å². The SMILES string of the molecule is CCN(CC)C1CCN(c2nc(NCC(c3ccccc3)c3ccccc3)c3ncn([C@@H]4O[C@H](CO)[C@@H](O)[C@H]4O)c3n2)C1.O=C(O)C(F)(F)F. The molecule has 16 heteroatoms. The zero-order valence-electron chi connectivity index (χ0n) is 27.7. The van der Waals surface area contributed by atoms with Gasteiger partial charge in [0.15, 0.2) is 23.2 Å². The number of nitrogens with one attached hydrogen (secondary N) is 1. The van der Waals surface area contributed by atoms with E-state index in [9.17, 15) is 28.5 Å². The van der Waals surface area contributed by atoms with Gasteiger partial charge in [-0.1, -0.05) is 74.5 Å². The molecule has 2 aromatic carbocycles. The molecule has 2 saturated heterocycles. The Labute approximate surface area is 287 Å². The molecule has 0 saturated carbocycles. The van der Waals surface area contributed by atoms with Crippen LogP contribution in [-0.2, 0) is 9.53 Å². The lowest BCUT2D eigenvalue weighted by Gasteiger charge is -2.26. The summed E-state index contributed by atoms with van der Waals surface area (Å²) in [5.41, 5.74) is 3.40. The van der Waals surface area contributed by atoms with E-state index in [0.717, 1.165) is 32.6 Å². The predicted molar refractivity (Wildman–Crippen MR) is 179 cm³/mol. The molecule has 4 heterocycles. The summed E-state index contributed by atoms with van der Waals surface area (Å²) in [5, 5.41) is 41.6. The van der Waals surface area contributed by atoms with Crippen molar-refractivity contribution in [2.24, 2.45) is 0 Å². The summed E-state index contributed by atoms with van der Waals surface area (Å²) < 4.78 is 39.2. The number of alkyl halides is 3. The van der Waals surface area contributed by atoms with Crippen LogP contribution >= 0.6 is 0 Å². The molecule has 1 unspecified atom stereocenters. The number of rotatable bonds is 11. The quantitative estimate of drug-likeness (QED) is 0.155. The van der Waals surface area contributed by atoms with E-state index < -0.39 is 43.3 Å². The first-order chi connectivity index (χ1) is 24.0. The summed E-state index contributed by atoms with van der Waals surface area (Å²) in [7, 11) is 0. The first kappa shape index (κ1) is 36.9. The molecule has 6 rings (SSSR count). The average Bonchev–Trinajstić information content (AvgIpc) is 3.84. The fourth-order valence-electron chi connectivity index (χ4n) is 6.42. The minimum absolute atomic E-state index is 0.0669. The van der Waals surface area contributed by atoms with Crippen LogP contribution in [0.3, 0.4) is 0 Å². The van der Waals surface area contributed by atoms with Gasteiger partial charge in [0.05, 0.1) is 12.9 Å². The van der Waals surface area contributed by atoms with Crippen molar-refractivity contribution in [2.45, 2.75) is 62.9 Å². The Bertz CT molecular complexity index is 1650. The van der Waals surface area contributed by atoms with Crippen molar-refractivity contribution in [1.29, 1.82) is 0 Å². The normalized spacial score (nSPS) is 22.3. The number of aromatic nitrogens is 4. The van der Waals surface area contributed by atoms with E-state index in [2.05, 4.69) is 82.5 Å². The fraction of sp³-hybridized carbons (Fsp3) is 0.471. The van der Waals surface area contributed by atoms with E-state index in [1.165, 1.54) is 11.1 Å². The highest BCUT2D eigenvalue weighted by atomic mass is 19.4. The first-order valence-electron chi connectivity index (χ1n) is 16.5. The fourth-order valence-corrected chi connectivity index (χ4v) is 6.42. The summed E-state index contributed by atoms with van der Waals surface area (Å²) in [4.78, 5) is 28.2. The third-order valence-electron chi connectivity index (χ3n) is 9.10. The predicted octanol–water partition coefficient (Wildman–Crippen LogP) is 3.24. The van der Waals surface area contributed by atoms with Gasteiger partial charge in [-0.25, -0.2) is 9.78 Å². The second kappa shape index (κ2) is 16.1. The maximum atomic E-state index is 10.8. The van der Waals surface area contributed by atoms with E-state index in [0.29, 0.717) is 35.5 Å². The number of imidazole rings is 1. The molecular formula is C34H42F3N7O6. The molecule has 4 aromatic rings. The summed E-state index contributed by atoms with van der Waals surface area (Å²) in [5.74, 6) is -1.52. The Morgan fingerprint density at radius 2 is 1.62 bits per heavy atom. The Kier molecular flexibility index (Phi) is 11.9. The zero-order valence-corrected chi connectivity index (χ0v) is 27.7. The Balaban J connectivity index is 0.000000630. The van der Waals surface area contributed by atoms with E-state index in [1.54, 1.807) is 10.9 Å². The Morgan fingerprint density at radius 1 is 1.02 bits per heavy atom. The van der Waals surface area contributed by atoms with Crippen molar-refractivity contribution >= 4 is 28.9 Å². The van der Waals surface area contributed by atoms with Gasteiger partial charge in [-0.3, -0.25) is 9.47 Å². The second-order valence-corrected chi connectivity index (χ2v) is 12.1. The molecule has 2 fully saturated rings. The number of carboxylic acid groups (broad SMARTS) is 1. The van der Waals surface area contributed by atoms with E-state index in [1.807, 2.05) is 12.1 Å². The van der Waals surface area contributed by atoms with Crippen LogP contribution in [-0.4, -0.2) is 121 Å². The highest BCUT2D eigenvalue weighted by Gasteiger charge is 2.44. The second-order valence-electron chi connectivity index (χ2n) is 12.1. The summed E-state index contributed by atoms with van der Waals surface area (Å²) >= 11 is 0. The lowest BCUT2D eigenvalue weighted by atomic mass is 9.91. The van der Waals surface area contributed by atoms with E-state index >= 15 is 0 Å². The number of likely N-dealkylation sites (N-methyl/N-ethyl adjacent to an activating group) is 1. The lowest BCUT2D eigenvalue weighted by Crippen LogP contribution is -2.37. The molecule has 0 spiro atoms. The largest absolute Gasteiger partial charge is 0.490 e. The van der Waals surface area contributed by atoms with Gasteiger partial charge in [-0.05, 0) is 30.6 Å². The molecule has 270 valence electrons. The van der Waals surface area contributed by atoms with Crippen LogP contribution in [0.2, 0.25) is 0 Å². The molecule has 5 N–H and O–H groups in total. The topological polar surface area (TPSA) is 169 Å². The highest BCUT2D eigenvalue weighted by molar-refractivity contribution is 5.84. The van der Waals surface area contributed by atoms with Crippen LogP contribution < -0.4 is 10.2 Å². The number of fused-ring (bicyclic) bond motifs is 1. The molecular weight excluding hydrogens is 659 g/mol. The van der Waals surface area contributed by atoms with Crippen molar-refractivity contribution < 1.29 is 43.1 Å². The molecule has 2 aliphatic heterocycles. The van der Waals surface area contributed by atoms with Gasteiger partial charge in [0.2, 0.25) is 5.95 Å². The maximum Gasteiger partial charge on any atom is 0.490 e. The Morgan fingerprint density at radius 3 is 2.14 bits per heavy atom. The van der Waals surface area contributed by atoms with E-state index in [4.69, 9.17) is 24.6 Å². The van der Waals surface area contributed by atoms with Gasteiger partial charge < -0.3 is 35.4 Å². The van der Waals surface area contributed by atoms with E-state index in [-0.39, 0.29) is 5.92 Å². The van der Waals surface area contributed by atoms with Crippen LogP contribution in [0.4, 0.5) is 24.9 Å². The van der Waals surface area contributed by atoms with Crippen molar-refractivity contribution in [3.8, 4) is 0 Å². The Hall–Kier alpha value is -4.35. The van der Waals surface area contributed by atoms with Crippen LogP contribution in [0, 0.1) is 0 Å². The lowest BCUT2D eigenvalue weighted by molar-refractivity contribution is -0.192. The standard InChI is InChI=1S/C32H41N7O4.C2HF3O2/c1-3-37(4-2)23-15-16-38(18-23)32-35-29(33-17-24(21-11-7-5-8-12-21)22-13-9-6-10-14-22)26-30(36-32)39(20-34-26)31-28(42)27(41)25(19-40)43-31;3-2(4,5)1(6)7/h5-14,20,23-25,27-28,31,40-42H,3-4,15-19H2,1-2H3,(H,33,35,36);(H,6,7)/t23?,25-,27-,28-,31-;/m1./s1. The monoisotopic (exact) mass is 701 g/mol. The number of carbonyl (C=O) groups is 1. The number of hydrogen-bond donors (Lipinski definition) is 5. The molecule has 2 aromatic heterocycles. The molecule has 0 aliphatic carbocycles. The van der Waals surface area contributed by atoms with Crippen LogP contribution in [0.25, 0.3) is 11.2 Å². The maximum absolute atomic E-state index is 10.8. The van der Waals surface area contributed by atoms with Gasteiger partial charge in [-0.2, -0.15) is 23.1 Å². The van der Waals surface area contributed by atoms with Gasteiger partial charge in [0.25, 0.3) is 0 Å². The van der Waals surface area contributed by atoms with Crippen LogP contribution in [0.15, 0.2) is 67.0 Å². The van der Waals surface area contributed by atoms with Crippen LogP contribution in [0.5, 0.6) is 0 Å². The number of anilines is 2. The van der Waals surface area contributed by atoms with Crippen molar-refractivity contribution in [3.05, 3.63) is 78.1 Å². The average molecular weight is 702 g/mol. The number of benzene rings is 2. The molecule has 13 nitrogen and oxygen atoms in total. The smallest absolute Gasteiger partial charge is 0.475 e. The van der Waals surface area contributed by atoms with Gasteiger partial charge in [-0.15, -0.1) is 0 Å². The molecule has 0 amide bonds. The number of aliphatic carboxylic acids is 1. The molecule has 2 aliphatic rings. The molecule has 0 bridgehead atoms. The molecule has 0 radical (unpaired) electrons. The number of aliphatic hydroxyl groups excluding tert-OH is 3. The number of halogens is 3. The van der Waals surface area contributed by atoms with Gasteiger partial charge in [0.1, 0.15) is 18.3 Å². The van der Waals surface area contributed by atoms with Crippen molar-refractivity contribution in [1.82, 2.24) is 24.4 Å². The highest BCUT2D eigenvalue weighted by Crippen LogP contribution is 2.34. The number of hydrogen-bond acceptors (Lipinski definition) is 11. The number of ether oxygens (including phenoxy) is 1. The number of aliphatic hydroxyl groups is 3. The number of carboxylic acids is 1. The minimum atomic E-state index is -5.08. The third kappa shape index (κ3) is 8.16. The van der Waals surface area contributed by atoms with Crippen molar-refractivity contribution in [2.75, 3.05) is 49.5 Å².